The maximum absolute atomic E-state index is 13.3. The van der Waals surface area contributed by atoms with Crippen molar-refractivity contribution in [2.75, 3.05) is 37.7 Å². The molecule has 1 fully saturated rings. The average Bonchev–Trinajstić information content (AvgIpc) is 3.10. The number of aryl methyl sites for hydroxylation is 1. The van der Waals surface area contributed by atoms with E-state index in [0.717, 1.165) is 62.6 Å². The number of ether oxygens (including phenoxy) is 1. The van der Waals surface area contributed by atoms with Gasteiger partial charge in [-0.2, -0.15) is 0 Å². The molecular formula is C33H42ClN3O4S. The highest BCUT2D eigenvalue weighted by Gasteiger charge is 2.43. The Bertz CT molecular complexity index is 1460. The molecule has 0 bridgehead atoms. The van der Waals surface area contributed by atoms with Crippen molar-refractivity contribution in [2.24, 2.45) is 5.92 Å². The summed E-state index contributed by atoms with van der Waals surface area (Å²) in [5, 5.41) is 0.00290. The summed E-state index contributed by atoms with van der Waals surface area (Å²) in [5.41, 5.74) is 3.42. The van der Waals surface area contributed by atoms with Gasteiger partial charge in [-0.05, 0) is 86.4 Å². The van der Waals surface area contributed by atoms with Crippen LogP contribution < -0.4 is 14.4 Å². The number of carbonyl (C=O) groups is 1. The van der Waals surface area contributed by atoms with Gasteiger partial charge in [0, 0.05) is 48.2 Å². The van der Waals surface area contributed by atoms with Crippen molar-refractivity contribution >= 4 is 33.2 Å². The second kappa shape index (κ2) is 12.4. The molecule has 5 rings (SSSR count). The number of carbonyl (C=O) groups excluding carboxylic acids is 1. The Balaban J connectivity index is 1.48. The van der Waals surface area contributed by atoms with Crippen LogP contribution in [0.2, 0.25) is 5.02 Å². The minimum absolute atomic E-state index is 0.172. The van der Waals surface area contributed by atoms with Crippen LogP contribution in [0, 0.1) is 5.92 Å². The summed E-state index contributed by atoms with van der Waals surface area (Å²) in [6.45, 7) is 15.0. The zero-order valence-corrected chi connectivity index (χ0v) is 26.2. The minimum atomic E-state index is -3.88. The highest BCUT2D eigenvalue weighted by molar-refractivity contribution is 7.90. The molecule has 2 heterocycles. The second-order valence-corrected chi connectivity index (χ2v) is 14.7. The maximum Gasteiger partial charge on any atom is 0.264 e. The standard InChI is InChI=1S/C33H42ClN3O4S/c1-5-8-23(3)24(4)42(39,40)35-32(38)26-10-13-31-30(19-26)37(20-28-14-17-36(28)16-6-2)21-33(22-41-31)15-7-9-25-18-27(34)11-12-29(25)33/h5-6,10-13,18-19,23-24,28H,1-2,7-9,14-17,20-22H2,3-4H3,(H,35,38)/t23?,24?,28-,33-/m0/s1. The van der Waals surface area contributed by atoms with Crippen molar-refractivity contribution in [2.45, 2.75) is 62.7 Å². The van der Waals surface area contributed by atoms with Gasteiger partial charge in [-0.3, -0.25) is 9.69 Å². The number of fused-ring (bicyclic) bond motifs is 3. The predicted molar refractivity (Wildman–Crippen MR) is 170 cm³/mol. The third-order valence-corrected chi connectivity index (χ3v) is 11.6. The van der Waals surface area contributed by atoms with Crippen LogP contribution in [-0.2, 0) is 21.9 Å². The zero-order chi connectivity index (χ0) is 30.1. The van der Waals surface area contributed by atoms with E-state index >= 15 is 0 Å². The molecule has 42 heavy (non-hydrogen) atoms. The first-order chi connectivity index (χ1) is 20.1. The van der Waals surface area contributed by atoms with Crippen LogP contribution in [0.1, 0.15) is 61.0 Å². The summed E-state index contributed by atoms with van der Waals surface area (Å²) in [5.74, 6) is -0.104. The lowest BCUT2D eigenvalue weighted by atomic mass is 9.70. The first kappa shape index (κ1) is 30.6. The molecule has 1 amide bonds. The Hall–Kier alpha value is -2.81. The van der Waals surface area contributed by atoms with Gasteiger partial charge in [0.05, 0.1) is 17.5 Å². The van der Waals surface area contributed by atoms with Gasteiger partial charge >= 0.3 is 0 Å². The summed E-state index contributed by atoms with van der Waals surface area (Å²) >= 11 is 6.38. The van der Waals surface area contributed by atoms with Gasteiger partial charge in [-0.1, -0.05) is 36.7 Å². The van der Waals surface area contributed by atoms with Crippen molar-refractivity contribution in [1.29, 1.82) is 0 Å². The van der Waals surface area contributed by atoms with Gasteiger partial charge in [0.15, 0.2) is 0 Å². The van der Waals surface area contributed by atoms with Crippen LogP contribution >= 0.6 is 11.6 Å². The number of halogens is 1. The molecule has 2 unspecified atom stereocenters. The molecule has 2 aromatic rings. The number of benzene rings is 2. The van der Waals surface area contributed by atoms with Crippen LogP contribution in [-0.4, -0.2) is 63.3 Å². The number of nitrogens with zero attached hydrogens (tertiary/aromatic N) is 2. The number of hydrogen-bond donors (Lipinski definition) is 1. The monoisotopic (exact) mass is 611 g/mol. The number of anilines is 1. The Labute approximate surface area is 255 Å². The quantitative estimate of drug-likeness (QED) is 0.346. The average molecular weight is 612 g/mol. The summed E-state index contributed by atoms with van der Waals surface area (Å²) in [6.07, 6.45) is 8.28. The maximum atomic E-state index is 13.3. The minimum Gasteiger partial charge on any atom is -0.490 e. The smallest absolute Gasteiger partial charge is 0.264 e. The number of hydrogen-bond acceptors (Lipinski definition) is 6. The van der Waals surface area contributed by atoms with E-state index in [2.05, 4.69) is 39.8 Å². The molecule has 7 nitrogen and oxygen atoms in total. The fourth-order valence-electron chi connectivity index (χ4n) is 6.66. The number of allylic oxidation sites excluding steroid dienone is 1. The van der Waals surface area contributed by atoms with E-state index in [-0.39, 0.29) is 16.9 Å². The molecule has 4 atom stereocenters. The third kappa shape index (κ3) is 6.12. The van der Waals surface area contributed by atoms with E-state index < -0.39 is 21.2 Å². The number of likely N-dealkylation sites (tertiary alicyclic amines) is 1. The molecule has 1 aliphatic carbocycles. The van der Waals surface area contributed by atoms with Crippen molar-refractivity contribution in [1.82, 2.24) is 9.62 Å². The lowest BCUT2D eigenvalue weighted by molar-refractivity contribution is 0.0981. The van der Waals surface area contributed by atoms with Gasteiger partial charge in [0.1, 0.15) is 5.75 Å². The molecule has 1 spiro atoms. The highest BCUT2D eigenvalue weighted by Crippen LogP contribution is 2.45. The number of sulfonamides is 1. The first-order valence-electron chi connectivity index (χ1n) is 14.9. The summed E-state index contributed by atoms with van der Waals surface area (Å²) < 4.78 is 34.9. The van der Waals surface area contributed by atoms with Gasteiger partial charge in [0.2, 0.25) is 10.0 Å². The molecule has 2 aliphatic heterocycles. The lowest BCUT2D eigenvalue weighted by Gasteiger charge is -2.46. The van der Waals surface area contributed by atoms with E-state index in [0.29, 0.717) is 24.8 Å². The largest absolute Gasteiger partial charge is 0.490 e. The second-order valence-electron chi connectivity index (χ2n) is 12.2. The number of amides is 1. The van der Waals surface area contributed by atoms with Gasteiger partial charge in [0.25, 0.3) is 5.91 Å². The summed E-state index contributed by atoms with van der Waals surface area (Å²) in [6, 6.07) is 11.8. The van der Waals surface area contributed by atoms with E-state index in [1.54, 1.807) is 31.2 Å². The Morgan fingerprint density at radius 3 is 2.74 bits per heavy atom. The molecule has 1 saturated heterocycles. The van der Waals surface area contributed by atoms with Crippen LogP contribution in [0.15, 0.2) is 61.7 Å². The molecule has 3 aliphatic rings. The van der Waals surface area contributed by atoms with Crippen molar-refractivity contribution in [3.63, 3.8) is 0 Å². The van der Waals surface area contributed by atoms with Gasteiger partial charge < -0.3 is 9.64 Å². The van der Waals surface area contributed by atoms with Crippen molar-refractivity contribution in [3.8, 4) is 5.75 Å². The fraction of sp³-hybridized carbons (Fsp3) is 0.485. The Morgan fingerprint density at radius 2 is 2.02 bits per heavy atom. The normalized spacial score (nSPS) is 23.4. The molecule has 0 aromatic heterocycles. The third-order valence-electron chi connectivity index (χ3n) is 9.42. The molecule has 9 heteroatoms. The Morgan fingerprint density at radius 1 is 1.21 bits per heavy atom. The fourth-order valence-corrected chi connectivity index (χ4v) is 8.14. The number of rotatable bonds is 10. The first-order valence-corrected chi connectivity index (χ1v) is 16.8. The highest BCUT2D eigenvalue weighted by atomic mass is 35.5. The van der Waals surface area contributed by atoms with E-state index in [1.165, 1.54) is 11.1 Å². The van der Waals surface area contributed by atoms with Crippen molar-refractivity contribution < 1.29 is 17.9 Å². The molecule has 2 aromatic carbocycles. The van der Waals surface area contributed by atoms with E-state index in [4.69, 9.17) is 16.3 Å². The van der Waals surface area contributed by atoms with Crippen LogP contribution in [0.25, 0.3) is 0 Å². The van der Waals surface area contributed by atoms with E-state index in [1.807, 2.05) is 19.1 Å². The molecular weight excluding hydrogens is 570 g/mol. The number of nitrogens with one attached hydrogen (secondary N) is 1. The topological polar surface area (TPSA) is 79.0 Å². The summed E-state index contributed by atoms with van der Waals surface area (Å²) in [4.78, 5) is 18.1. The van der Waals surface area contributed by atoms with Crippen LogP contribution in [0.5, 0.6) is 5.75 Å². The lowest BCUT2D eigenvalue weighted by Crippen LogP contribution is -2.55. The molecule has 1 N–H and O–H groups in total. The summed E-state index contributed by atoms with van der Waals surface area (Å²) in [7, 11) is -3.88. The Kier molecular flexibility index (Phi) is 9.07. The van der Waals surface area contributed by atoms with Gasteiger partial charge in [-0.25, -0.2) is 13.1 Å². The molecule has 0 saturated carbocycles. The molecule has 0 radical (unpaired) electrons. The van der Waals surface area contributed by atoms with Crippen LogP contribution in [0.3, 0.4) is 0 Å². The SMILES string of the molecule is C=CCC(C)C(C)S(=O)(=O)NC(=O)c1ccc2c(c1)N(C[C@@H]1CCN1CC=C)C[C@@]1(CCCc3cc(Cl)ccc31)CO2. The zero-order valence-electron chi connectivity index (χ0n) is 24.6. The van der Waals surface area contributed by atoms with E-state index in [9.17, 15) is 13.2 Å². The van der Waals surface area contributed by atoms with Crippen LogP contribution in [0.4, 0.5) is 5.69 Å². The predicted octanol–water partition coefficient (Wildman–Crippen LogP) is 5.73. The van der Waals surface area contributed by atoms with Crippen molar-refractivity contribution in [3.05, 3.63) is 83.4 Å². The van der Waals surface area contributed by atoms with Gasteiger partial charge in [-0.15, -0.1) is 13.2 Å². The molecule has 226 valence electrons.